The van der Waals surface area contributed by atoms with Crippen molar-refractivity contribution < 1.29 is 32.0 Å². The highest BCUT2D eigenvalue weighted by molar-refractivity contribution is 6.84. The van der Waals surface area contributed by atoms with E-state index in [-0.39, 0.29) is 42.0 Å². The van der Waals surface area contributed by atoms with Crippen LogP contribution in [0.1, 0.15) is 68.5 Å². The number of aromatic nitrogens is 2. The quantitative estimate of drug-likeness (QED) is 0.350. The zero-order valence-electron chi connectivity index (χ0n) is 24.0. The molecule has 0 bridgehead atoms. The molecule has 0 amide bonds. The van der Waals surface area contributed by atoms with Crippen LogP contribution in [0.15, 0.2) is 21.9 Å². The third-order valence-electron chi connectivity index (χ3n) is 7.44. The van der Waals surface area contributed by atoms with Crippen LogP contribution >= 0.6 is 0 Å². The zero-order chi connectivity index (χ0) is 28.4. The van der Waals surface area contributed by atoms with E-state index in [9.17, 15) is 14.4 Å². The second-order valence-electron chi connectivity index (χ2n) is 11.2. The lowest BCUT2D eigenvalue weighted by Gasteiger charge is -2.51. The van der Waals surface area contributed by atoms with Gasteiger partial charge in [-0.15, -0.1) is 0 Å². The first-order valence-electron chi connectivity index (χ1n) is 13.5. The van der Waals surface area contributed by atoms with E-state index >= 15 is 0 Å². The molecule has 38 heavy (non-hydrogen) atoms. The molecule has 0 aromatic carbocycles. The zero-order valence-corrected chi connectivity index (χ0v) is 26.0. The summed E-state index contributed by atoms with van der Waals surface area (Å²) in [5.41, 5.74) is -0.737. The fourth-order valence-corrected chi connectivity index (χ4v) is 16.7. The number of nitrogens with one attached hydrogen (secondary N) is 1. The predicted octanol–water partition coefficient (Wildman–Crippen LogP) is 3.34. The minimum Gasteiger partial charge on any atom is -0.464 e. The highest BCUT2D eigenvalue weighted by atomic mass is 28.5. The van der Waals surface area contributed by atoms with Gasteiger partial charge in [-0.2, -0.15) is 0 Å². The van der Waals surface area contributed by atoms with E-state index in [0.29, 0.717) is 0 Å². The fraction of sp³-hybridized carbons (Fsp3) is 0.800. The first kappa shape index (κ1) is 30.9. The minimum absolute atomic E-state index is 0.0646. The van der Waals surface area contributed by atoms with Crippen molar-refractivity contribution in [2.75, 3.05) is 19.8 Å². The summed E-state index contributed by atoms with van der Waals surface area (Å²) < 4.78 is 39.9. The highest BCUT2D eigenvalue weighted by Gasteiger charge is 2.62. The third-order valence-corrected chi connectivity index (χ3v) is 17.7. The van der Waals surface area contributed by atoms with Crippen molar-refractivity contribution in [2.45, 2.75) is 109 Å². The molecule has 2 aliphatic heterocycles. The van der Waals surface area contributed by atoms with Gasteiger partial charge in [0.15, 0.2) is 6.23 Å². The van der Waals surface area contributed by atoms with Gasteiger partial charge >= 0.3 is 28.8 Å². The molecular weight excluding hydrogens is 528 g/mol. The van der Waals surface area contributed by atoms with Crippen LogP contribution in [-0.2, 0) is 32.0 Å². The Kier molecular flexibility index (Phi) is 9.99. The van der Waals surface area contributed by atoms with E-state index in [4.69, 9.17) is 27.2 Å². The predicted molar refractivity (Wildman–Crippen MR) is 145 cm³/mol. The van der Waals surface area contributed by atoms with E-state index in [1.807, 2.05) is 0 Å². The van der Waals surface area contributed by atoms with E-state index in [1.165, 1.54) is 16.8 Å². The normalized spacial score (nSPS) is 27.0. The standard InChI is InChI=1S/C25H44N2O9Si2/c1-10-31-21(29)14-32-23-22-19(34-24(23)27-12-11-20(28)26-25(27)30)13-33-37(15(2)3,16(4)5)36-38(35-22,17(6)7)18(8)9/h11-12,15-19,22-24H,10,13-14H2,1-9H3,(H,26,28,30)/t19-,22?,23+,24-/m1/s1. The van der Waals surface area contributed by atoms with Gasteiger partial charge in [-0.05, 0) is 29.1 Å². The summed E-state index contributed by atoms with van der Waals surface area (Å²) in [6.45, 7) is 18.7. The summed E-state index contributed by atoms with van der Waals surface area (Å²) in [6.07, 6.45) is -1.75. The average molecular weight is 573 g/mol. The Morgan fingerprint density at radius 1 is 1.05 bits per heavy atom. The van der Waals surface area contributed by atoms with Gasteiger partial charge in [0, 0.05) is 12.3 Å². The molecule has 0 saturated carbocycles. The number of H-pyrrole nitrogens is 1. The summed E-state index contributed by atoms with van der Waals surface area (Å²) in [5, 5.41) is 0. The van der Waals surface area contributed by atoms with E-state index < -0.39 is 58.9 Å². The van der Waals surface area contributed by atoms with Gasteiger partial charge < -0.3 is 27.2 Å². The molecule has 11 nitrogen and oxygen atoms in total. The highest BCUT2D eigenvalue weighted by Crippen LogP contribution is 2.48. The Morgan fingerprint density at radius 3 is 2.18 bits per heavy atom. The van der Waals surface area contributed by atoms with Crippen LogP contribution in [0, 0.1) is 0 Å². The average Bonchev–Trinajstić information content (AvgIpc) is 3.13. The van der Waals surface area contributed by atoms with Gasteiger partial charge in [-0.25, -0.2) is 9.59 Å². The fourth-order valence-electron chi connectivity index (χ4n) is 5.52. The molecule has 1 N–H and O–H groups in total. The maximum Gasteiger partial charge on any atom is 0.335 e. The van der Waals surface area contributed by atoms with Crippen LogP contribution in [0.25, 0.3) is 0 Å². The molecule has 3 rings (SSSR count). The van der Waals surface area contributed by atoms with E-state index in [2.05, 4.69) is 60.4 Å². The van der Waals surface area contributed by atoms with Gasteiger partial charge in [0.25, 0.3) is 5.56 Å². The largest absolute Gasteiger partial charge is 0.464 e. The first-order chi connectivity index (χ1) is 17.8. The van der Waals surface area contributed by atoms with Gasteiger partial charge in [-0.3, -0.25) is 14.3 Å². The SMILES string of the molecule is CCOC(=O)CO[C@H]1C2O[Si](C(C)C)(C(C)C)O[Si](C(C)C)(C(C)C)OC[C@H]2O[C@H]1n1ccc(=O)[nH]c1=O. The second-order valence-corrected chi connectivity index (χ2v) is 20.1. The summed E-state index contributed by atoms with van der Waals surface area (Å²) in [7, 11) is -5.82. The van der Waals surface area contributed by atoms with Gasteiger partial charge in [0.2, 0.25) is 0 Å². The van der Waals surface area contributed by atoms with Crippen LogP contribution < -0.4 is 11.2 Å². The molecular formula is C25H44N2O9Si2. The van der Waals surface area contributed by atoms with Crippen molar-refractivity contribution in [1.82, 2.24) is 9.55 Å². The third kappa shape index (κ3) is 5.93. The maximum atomic E-state index is 12.8. The lowest BCUT2D eigenvalue weighted by molar-refractivity contribution is -0.155. The number of rotatable bonds is 9. The Morgan fingerprint density at radius 2 is 1.66 bits per heavy atom. The van der Waals surface area contributed by atoms with Crippen molar-refractivity contribution in [1.29, 1.82) is 0 Å². The van der Waals surface area contributed by atoms with Gasteiger partial charge in [0.05, 0.1) is 13.2 Å². The summed E-state index contributed by atoms with van der Waals surface area (Å²) in [5.74, 6) is -0.538. The van der Waals surface area contributed by atoms with Crippen molar-refractivity contribution >= 4 is 23.1 Å². The summed E-state index contributed by atoms with van der Waals surface area (Å²) >= 11 is 0. The summed E-state index contributed by atoms with van der Waals surface area (Å²) in [4.78, 5) is 39.0. The molecule has 13 heteroatoms. The Balaban J connectivity index is 2.13. The Bertz CT molecular complexity index is 1060. The maximum absolute atomic E-state index is 12.8. The van der Waals surface area contributed by atoms with Crippen molar-refractivity contribution in [2.24, 2.45) is 0 Å². The minimum atomic E-state index is -3.02. The molecule has 2 fully saturated rings. The Hall–Kier alpha value is -1.62. The number of ether oxygens (including phenoxy) is 3. The smallest absolute Gasteiger partial charge is 0.335 e. The molecule has 2 saturated heterocycles. The van der Waals surface area contributed by atoms with Crippen LogP contribution in [0.2, 0.25) is 22.2 Å². The van der Waals surface area contributed by atoms with Crippen LogP contribution in [0.3, 0.4) is 0 Å². The van der Waals surface area contributed by atoms with Crippen LogP contribution in [-0.4, -0.2) is 70.8 Å². The number of esters is 1. The number of carbonyl (C=O) groups is 1. The number of aromatic amines is 1. The topological polar surface area (TPSA) is 127 Å². The molecule has 216 valence electrons. The van der Waals surface area contributed by atoms with E-state index in [1.54, 1.807) is 6.92 Å². The van der Waals surface area contributed by atoms with Gasteiger partial charge in [-0.1, -0.05) is 55.4 Å². The lowest BCUT2D eigenvalue weighted by Crippen LogP contribution is -2.66. The number of carbonyl (C=O) groups excluding carboxylic acids is 1. The monoisotopic (exact) mass is 572 g/mol. The number of hydrogen-bond donors (Lipinski definition) is 1. The molecule has 4 atom stereocenters. The molecule has 1 unspecified atom stereocenters. The van der Waals surface area contributed by atoms with Crippen LogP contribution in [0.5, 0.6) is 0 Å². The number of hydrogen-bond acceptors (Lipinski definition) is 9. The molecule has 0 aliphatic carbocycles. The number of nitrogens with zero attached hydrogens (tertiary/aromatic N) is 1. The Labute approximate surface area is 226 Å². The first-order valence-corrected chi connectivity index (χ1v) is 17.5. The molecule has 0 spiro atoms. The van der Waals surface area contributed by atoms with Crippen molar-refractivity contribution in [3.05, 3.63) is 33.1 Å². The molecule has 0 radical (unpaired) electrons. The summed E-state index contributed by atoms with van der Waals surface area (Å²) in [6, 6.07) is 1.24. The van der Waals surface area contributed by atoms with Gasteiger partial charge in [0.1, 0.15) is 24.9 Å². The van der Waals surface area contributed by atoms with Crippen LogP contribution in [0.4, 0.5) is 0 Å². The lowest BCUT2D eigenvalue weighted by atomic mass is 10.1. The molecule has 2 aliphatic rings. The van der Waals surface area contributed by atoms with Crippen molar-refractivity contribution in [3.8, 4) is 0 Å². The van der Waals surface area contributed by atoms with Crippen molar-refractivity contribution in [3.63, 3.8) is 0 Å². The van der Waals surface area contributed by atoms with E-state index in [0.717, 1.165) is 0 Å². The molecule has 1 aromatic heterocycles. The second kappa shape index (κ2) is 12.3. The molecule has 1 aromatic rings. The molecule has 3 heterocycles. The number of fused-ring (bicyclic) bond motifs is 1.